The second-order valence-electron chi connectivity index (χ2n) is 8.63. The van der Waals surface area contributed by atoms with Crippen molar-refractivity contribution in [3.05, 3.63) is 82.2 Å². The molecule has 0 unspecified atom stereocenters. The second kappa shape index (κ2) is 8.62. The van der Waals surface area contributed by atoms with Gasteiger partial charge in [0.05, 0.1) is 36.1 Å². The lowest BCUT2D eigenvalue weighted by Gasteiger charge is -2.24. The molecule has 2 N–H and O–H groups in total. The molecule has 2 aromatic carbocycles. The molecular weight excluding hydrogens is 479 g/mol. The van der Waals surface area contributed by atoms with Crippen molar-refractivity contribution in [2.24, 2.45) is 0 Å². The first-order valence-corrected chi connectivity index (χ1v) is 12.1. The minimum Gasteiger partial charge on any atom is -0.465 e. The van der Waals surface area contributed by atoms with E-state index >= 15 is 0 Å². The first kappa shape index (κ1) is 22.0. The Balaban J connectivity index is 1.36. The molecule has 0 bridgehead atoms. The van der Waals surface area contributed by atoms with Crippen molar-refractivity contribution in [3.8, 4) is 6.07 Å². The van der Waals surface area contributed by atoms with E-state index in [-0.39, 0.29) is 5.82 Å². The van der Waals surface area contributed by atoms with Gasteiger partial charge in [-0.05, 0) is 47.9 Å². The number of nitrogens with zero attached hydrogens (tertiary/aromatic N) is 5. The summed E-state index contributed by atoms with van der Waals surface area (Å²) in [6.07, 6.45) is 2.95. The molecule has 0 spiro atoms. The minimum atomic E-state index is -0.937. The zero-order valence-corrected chi connectivity index (χ0v) is 19.7. The molecule has 10 heteroatoms. The molecule has 5 aromatic rings. The Kier molecular flexibility index (Phi) is 5.27. The fraction of sp³-hybridized carbons (Fsp3) is 0.154. The molecule has 4 heterocycles. The van der Waals surface area contributed by atoms with Gasteiger partial charge in [0.25, 0.3) is 0 Å². The largest absolute Gasteiger partial charge is 0.465 e. The summed E-state index contributed by atoms with van der Waals surface area (Å²) in [6, 6.07) is 14.5. The fourth-order valence-electron chi connectivity index (χ4n) is 4.68. The van der Waals surface area contributed by atoms with Crippen molar-refractivity contribution in [2.45, 2.75) is 19.5 Å². The molecule has 0 aliphatic carbocycles. The number of benzene rings is 2. The molecule has 0 fully saturated rings. The lowest BCUT2D eigenvalue weighted by molar-refractivity contribution is 0.140. The molecule has 1 amide bonds. The van der Waals surface area contributed by atoms with E-state index in [0.29, 0.717) is 37.3 Å². The SMILES string of the molecule is N#Cc1cnc2sc3c(c2c1Nc1ccc2c(cnn2Cc2cccc(F)c2)c1)CCN(C(=O)O)C3. The number of amides is 1. The molecule has 0 atom stereocenters. The van der Waals surface area contributed by atoms with Crippen LogP contribution in [0.2, 0.25) is 0 Å². The zero-order chi connectivity index (χ0) is 24.8. The third kappa shape index (κ3) is 3.79. The summed E-state index contributed by atoms with van der Waals surface area (Å²) < 4.78 is 15.4. The van der Waals surface area contributed by atoms with Gasteiger partial charge in [0, 0.05) is 34.1 Å². The lowest BCUT2D eigenvalue weighted by atomic mass is 10.0. The van der Waals surface area contributed by atoms with Crippen LogP contribution in [0.1, 0.15) is 21.6 Å². The summed E-state index contributed by atoms with van der Waals surface area (Å²) in [4.78, 5) is 19.1. The molecule has 0 saturated heterocycles. The number of nitriles is 1. The van der Waals surface area contributed by atoms with Crippen LogP contribution in [-0.4, -0.2) is 37.4 Å². The molecule has 1 aliphatic rings. The van der Waals surface area contributed by atoms with Crippen molar-refractivity contribution in [2.75, 3.05) is 11.9 Å². The van der Waals surface area contributed by atoms with Crippen LogP contribution >= 0.6 is 11.3 Å². The van der Waals surface area contributed by atoms with E-state index < -0.39 is 6.09 Å². The highest BCUT2D eigenvalue weighted by molar-refractivity contribution is 7.19. The average Bonchev–Trinajstić information content (AvgIpc) is 3.44. The second-order valence-corrected chi connectivity index (χ2v) is 9.71. The van der Waals surface area contributed by atoms with Crippen LogP contribution < -0.4 is 5.32 Å². The Morgan fingerprint density at radius 3 is 2.94 bits per heavy atom. The molecule has 3 aromatic heterocycles. The van der Waals surface area contributed by atoms with Crippen LogP contribution in [0, 0.1) is 17.1 Å². The van der Waals surface area contributed by atoms with Crippen molar-refractivity contribution >= 4 is 49.9 Å². The van der Waals surface area contributed by atoms with Gasteiger partial charge in [-0.3, -0.25) is 4.68 Å². The van der Waals surface area contributed by atoms with E-state index in [0.717, 1.165) is 42.8 Å². The smallest absolute Gasteiger partial charge is 0.407 e. The summed E-state index contributed by atoms with van der Waals surface area (Å²) in [6.45, 7) is 1.18. The van der Waals surface area contributed by atoms with Crippen LogP contribution in [-0.2, 0) is 19.5 Å². The van der Waals surface area contributed by atoms with Gasteiger partial charge in [0.15, 0.2) is 0 Å². The lowest BCUT2D eigenvalue weighted by Crippen LogP contribution is -2.34. The molecule has 8 nitrogen and oxygen atoms in total. The minimum absolute atomic E-state index is 0.279. The summed E-state index contributed by atoms with van der Waals surface area (Å²) in [5.41, 5.74) is 4.67. The number of halogens is 1. The number of hydrogen-bond acceptors (Lipinski definition) is 6. The van der Waals surface area contributed by atoms with E-state index in [4.69, 9.17) is 0 Å². The highest BCUT2D eigenvalue weighted by atomic mass is 32.1. The van der Waals surface area contributed by atoms with Gasteiger partial charge in [0.1, 0.15) is 16.7 Å². The molecule has 0 saturated carbocycles. The Labute approximate surface area is 208 Å². The third-order valence-electron chi connectivity index (χ3n) is 6.39. The monoisotopic (exact) mass is 498 g/mol. The highest BCUT2D eigenvalue weighted by Crippen LogP contribution is 2.40. The Hall–Kier alpha value is -4.49. The maximum Gasteiger partial charge on any atom is 0.407 e. The van der Waals surface area contributed by atoms with Gasteiger partial charge in [-0.1, -0.05) is 12.1 Å². The van der Waals surface area contributed by atoms with E-state index in [1.807, 2.05) is 28.9 Å². The van der Waals surface area contributed by atoms with Gasteiger partial charge >= 0.3 is 6.09 Å². The number of aromatic nitrogens is 3. The Morgan fingerprint density at radius 1 is 1.25 bits per heavy atom. The zero-order valence-electron chi connectivity index (χ0n) is 18.9. The van der Waals surface area contributed by atoms with Gasteiger partial charge < -0.3 is 15.3 Å². The van der Waals surface area contributed by atoms with Crippen LogP contribution in [0.15, 0.2) is 54.9 Å². The fourth-order valence-corrected chi connectivity index (χ4v) is 5.90. The molecule has 36 heavy (non-hydrogen) atoms. The molecule has 1 aliphatic heterocycles. The molecular formula is C26H19FN6O2S. The number of nitrogens with one attached hydrogen (secondary N) is 1. The average molecular weight is 499 g/mol. The predicted octanol–water partition coefficient (Wildman–Crippen LogP) is 5.48. The number of carbonyl (C=O) groups is 1. The van der Waals surface area contributed by atoms with E-state index in [2.05, 4.69) is 21.5 Å². The maximum absolute atomic E-state index is 13.6. The Bertz CT molecular complexity index is 1700. The van der Waals surface area contributed by atoms with Crippen LogP contribution in [0.4, 0.5) is 20.6 Å². The maximum atomic E-state index is 13.6. The number of pyridine rings is 1. The normalized spacial score (nSPS) is 13.1. The third-order valence-corrected chi connectivity index (χ3v) is 7.52. The van der Waals surface area contributed by atoms with E-state index in [1.54, 1.807) is 18.5 Å². The topological polar surface area (TPSA) is 107 Å². The van der Waals surface area contributed by atoms with E-state index in [9.17, 15) is 19.6 Å². The number of thiophene rings is 1. The van der Waals surface area contributed by atoms with Crippen molar-refractivity contribution in [1.29, 1.82) is 5.26 Å². The number of fused-ring (bicyclic) bond motifs is 4. The first-order chi connectivity index (χ1) is 17.5. The number of anilines is 2. The molecule has 0 radical (unpaired) electrons. The molecule has 6 rings (SSSR count). The van der Waals surface area contributed by atoms with E-state index in [1.165, 1.54) is 28.4 Å². The number of carboxylic acid groups (broad SMARTS) is 1. The summed E-state index contributed by atoms with van der Waals surface area (Å²) in [5.74, 6) is -0.279. The van der Waals surface area contributed by atoms with Gasteiger partial charge in [-0.2, -0.15) is 10.4 Å². The number of rotatable bonds is 4. The van der Waals surface area contributed by atoms with Crippen LogP contribution in [0.25, 0.3) is 21.1 Å². The summed E-state index contributed by atoms with van der Waals surface area (Å²) in [5, 5.41) is 28.9. The summed E-state index contributed by atoms with van der Waals surface area (Å²) >= 11 is 1.47. The van der Waals surface area contributed by atoms with Crippen LogP contribution in [0.3, 0.4) is 0 Å². The predicted molar refractivity (Wildman–Crippen MR) is 135 cm³/mol. The standard InChI is InChI=1S/C26H19FN6O2S/c27-18-3-1-2-15(8-18)13-33-21-5-4-19(9-16(21)12-30-33)31-24-17(10-28)11-29-25-23(24)20-6-7-32(26(34)35)14-22(20)36-25/h1-5,8-9,11-12H,6-7,13-14H2,(H,29,31)(H,34,35). The molecule has 178 valence electrons. The summed E-state index contributed by atoms with van der Waals surface area (Å²) in [7, 11) is 0. The van der Waals surface area contributed by atoms with Crippen molar-refractivity contribution in [1.82, 2.24) is 19.7 Å². The van der Waals surface area contributed by atoms with Gasteiger partial charge in [-0.25, -0.2) is 14.2 Å². The van der Waals surface area contributed by atoms with Crippen molar-refractivity contribution < 1.29 is 14.3 Å². The van der Waals surface area contributed by atoms with Gasteiger partial charge in [0.2, 0.25) is 0 Å². The van der Waals surface area contributed by atoms with Crippen molar-refractivity contribution in [3.63, 3.8) is 0 Å². The quantitative estimate of drug-likeness (QED) is 0.340. The van der Waals surface area contributed by atoms with Gasteiger partial charge in [-0.15, -0.1) is 11.3 Å². The van der Waals surface area contributed by atoms with Crippen LogP contribution in [0.5, 0.6) is 0 Å². The number of hydrogen-bond donors (Lipinski definition) is 2. The first-order valence-electron chi connectivity index (χ1n) is 11.3. The Morgan fingerprint density at radius 2 is 2.14 bits per heavy atom. The highest BCUT2D eigenvalue weighted by Gasteiger charge is 2.26.